The van der Waals surface area contributed by atoms with Crippen molar-refractivity contribution in [3.8, 4) is 10.6 Å². The van der Waals surface area contributed by atoms with Gasteiger partial charge in [0.05, 0.1) is 0 Å². The lowest BCUT2D eigenvalue weighted by Gasteiger charge is -2.11. The summed E-state index contributed by atoms with van der Waals surface area (Å²) in [5.41, 5.74) is 2.41. The smallest absolute Gasteiger partial charge is 0.275 e. The number of nitrogens with one attached hydrogen (secondary N) is 1. The van der Waals surface area contributed by atoms with Crippen LogP contribution in [0.1, 0.15) is 20.8 Å². The molecule has 0 aliphatic carbocycles. The molecule has 0 atom stereocenters. The predicted octanol–water partition coefficient (Wildman–Crippen LogP) is 3.76. The summed E-state index contributed by atoms with van der Waals surface area (Å²) in [5, 5.41) is 5.31. The van der Waals surface area contributed by atoms with Gasteiger partial charge in [0, 0.05) is 36.3 Å². The van der Waals surface area contributed by atoms with Crippen LogP contribution in [-0.4, -0.2) is 35.8 Å². The van der Waals surface area contributed by atoms with Crippen molar-refractivity contribution in [1.82, 2.24) is 9.88 Å². The van der Waals surface area contributed by atoms with Crippen LogP contribution in [0.15, 0.2) is 60.0 Å². The van der Waals surface area contributed by atoms with Gasteiger partial charge in [-0.05, 0) is 18.2 Å². The third-order valence-electron chi connectivity index (χ3n) is 3.53. The molecular weight excluding hydrogens is 334 g/mol. The highest BCUT2D eigenvalue weighted by atomic mass is 32.1. The number of thiazole rings is 1. The van der Waals surface area contributed by atoms with Gasteiger partial charge in [-0.2, -0.15) is 0 Å². The first-order chi connectivity index (χ1) is 12.0. The van der Waals surface area contributed by atoms with E-state index in [1.54, 1.807) is 43.7 Å². The number of carbonyl (C=O) groups is 2. The van der Waals surface area contributed by atoms with Crippen molar-refractivity contribution < 1.29 is 9.59 Å². The minimum absolute atomic E-state index is 0.115. The normalized spacial score (nSPS) is 10.3. The largest absolute Gasteiger partial charge is 0.345 e. The Bertz CT molecular complexity index is 904. The van der Waals surface area contributed by atoms with E-state index in [-0.39, 0.29) is 11.8 Å². The Kier molecular flexibility index (Phi) is 4.90. The number of carbonyl (C=O) groups excluding carboxylic acids is 2. The quantitative estimate of drug-likeness (QED) is 0.778. The van der Waals surface area contributed by atoms with Crippen LogP contribution in [0.2, 0.25) is 0 Å². The highest BCUT2D eigenvalue weighted by Gasteiger charge is 2.13. The Morgan fingerprint density at radius 3 is 2.52 bits per heavy atom. The summed E-state index contributed by atoms with van der Waals surface area (Å²) in [7, 11) is 3.38. The summed E-state index contributed by atoms with van der Waals surface area (Å²) in [6.45, 7) is 0. The molecule has 3 aromatic rings. The fourth-order valence-electron chi connectivity index (χ4n) is 2.27. The third kappa shape index (κ3) is 3.92. The van der Waals surface area contributed by atoms with Gasteiger partial charge in [0.25, 0.3) is 11.8 Å². The Hall–Kier alpha value is -2.99. The summed E-state index contributed by atoms with van der Waals surface area (Å²) in [6.07, 6.45) is 0. The van der Waals surface area contributed by atoms with E-state index < -0.39 is 0 Å². The Morgan fingerprint density at radius 1 is 1.04 bits per heavy atom. The maximum absolute atomic E-state index is 12.4. The fraction of sp³-hybridized carbons (Fsp3) is 0.105. The van der Waals surface area contributed by atoms with E-state index in [0.717, 1.165) is 10.6 Å². The fourth-order valence-corrected chi connectivity index (χ4v) is 3.08. The Labute approximate surface area is 149 Å². The lowest BCUT2D eigenvalue weighted by atomic mass is 10.2. The predicted molar refractivity (Wildman–Crippen MR) is 100.0 cm³/mol. The molecule has 126 valence electrons. The van der Waals surface area contributed by atoms with Gasteiger partial charge in [-0.1, -0.05) is 36.4 Å². The summed E-state index contributed by atoms with van der Waals surface area (Å²) in [6, 6.07) is 16.6. The van der Waals surface area contributed by atoms with Crippen LogP contribution in [0.4, 0.5) is 5.69 Å². The van der Waals surface area contributed by atoms with E-state index in [2.05, 4.69) is 10.3 Å². The van der Waals surface area contributed by atoms with Gasteiger partial charge in [0.2, 0.25) is 0 Å². The lowest BCUT2D eigenvalue weighted by molar-refractivity contribution is 0.0827. The molecule has 2 aromatic carbocycles. The number of rotatable bonds is 4. The molecule has 0 spiro atoms. The van der Waals surface area contributed by atoms with Crippen molar-refractivity contribution in [2.45, 2.75) is 0 Å². The number of aromatic nitrogens is 1. The zero-order valence-electron chi connectivity index (χ0n) is 13.9. The minimum Gasteiger partial charge on any atom is -0.345 e. The van der Waals surface area contributed by atoms with Crippen LogP contribution in [0.5, 0.6) is 0 Å². The van der Waals surface area contributed by atoms with E-state index in [9.17, 15) is 9.59 Å². The number of hydrogen-bond acceptors (Lipinski definition) is 4. The zero-order valence-corrected chi connectivity index (χ0v) is 14.7. The third-order valence-corrected chi connectivity index (χ3v) is 4.42. The molecule has 2 amide bonds. The van der Waals surface area contributed by atoms with Crippen LogP contribution >= 0.6 is 11.3 Å². The number of nitrogens with zero attached hydrogens (tertiary/aromatic N) is 2. The molecular formula is C19H17N3O2S. The van der Waals surface area contributed by atoms with Crippen LogP contribution in [-0.2, 0) is 0 Å². The van der Waals surface area contributed by atoms with Crippen molar-refractivity contribution in [2.24, 2.45) is 0 Å². The first-order valence-corrected chi connectivity index (χ1v) is 8.56. The average Bonchev–Trinajstić information content (AvgIpc) is 3.12. The van der Waals surface area contributed by atoms with E-state index in [1.807, 2.05) is 30.3 Å². The van der Waals surface area contributed by atoms with Gasteiger partial charge in [-0.25, -0.2) is 4.98 Å². The SMILES string of the molecule is CN(C)C(=O)c1cccc(NC(=O)c2csc(-c3ccccc3)n2)c1. The molecule has 1 N–H and O–H groups in total. The van der Waals surface area contributed by atoms with Crippen molar-refractivity contribution in [2.75, 3.05) is 19.4 Å². The molecule has 25 heavy (non-hydrogen) atoms. The standard InChI is InChI=1S/C19H17N3O2S/c1-22(2)19(24)14-9-6-10-15(11-14)20-17(23)16-12-25-18(21-16)13-7-4-3-5-8-13/h3-12H,1-2H3,(H,20,23). The average molecular weight is 351 g/mol. The maximum Gasteiger partial charge on any atom is 0.275 e. The first kappa shape index (κ1) is 16.9. The van der Waals surface area contributed by atoms with Crippen molar-refractivity contribution in [1.29, 1.82) is 0 Å². The monoisotopic (exact) mass is 351 g/mol. The van der Waals surface area contributed by atoms with Gasteiger partial charge in [-0.15, -0.1) is 11.3 Å². The molecule has 6 heteroatoms. The number of benzene rings is 2. The molecule has 0 bridgehead atoms. The van der Waals surface area contributed by atoms with Crippen LogP contribution in [0, 0.1) is 0 Å². The van der Waals surface area contributed by atoms with Crippen LogP contribution < -0.4 is 5.32 Å². The first-order valence-electron chi connectivity index (χ1n) is 7.68. The topological polar surface area (TPSA) is 62.3 Å². The van der Waals surface area contributed by atoms with E-state index >= 15 is 0 Å². The van der Waals surface area contributed by atoms with Gasteiger partial charge < -0.3 is 10.2 Å². The summed E-state index contributed by atoms with van der Waals surface area (Å²) >= 11 is 1.42. The number of amides is 2. The van der Waals surface area contributed by atoms with Crippen LogP contribution in [0.25, 0.3) is 10.6 Å². The van der Waals surface area contributed by atoms with E-state index in [0.29, 0.717) is 16.9 Å². The van der Waals surface area contributed by atoms with Crippen molar-refractivity contribution in [3.05, 3.63) is 71.2 Å². The second-order valence-corrected chi connectivity index (χ2v) is 6.50. The van der Waals surface area contributed by atoms with E-state index in [1.165, 1.54) is 16.2 Å². The molecule has 0 saturated heterocycles. The van der Waals surface area contributed by atoms with Gasteiger partial charge >= 0.3 is 0 Å². The van der Waals surface area contributed by atoms with Crippen molar-refractivity contribution in [3.63, 3.8) is 0 Å². The Morgan fingerprint density at radius 2 is 1.80 bits per heavy atom. The molecule has 0 fully saturated rings. The molecule has 0 radical (unpaired) electrons. The number of anilines is 1. The highest BCUT2D eigenvalue weighted by molar-refractivity contribution is 7.13. The lowest BCUT2D eigenvalue weighted by Crippen LogP contribution is -2.22. The summed E-state index contributed by atoms with van der Waals surface area (Å²) in [4.78, 5) is 30.3. The zero-order chi connectivity index (χ0) is 17.8. The molecule has 0 aliphatic heterocycles. The van der Waals surface area contributed by atoms with Gasteiger partial charge in [0.1, 0.15) is 10.7 Å². The molecule has 5 nitrogen and oxygen atoms in total. The Balaban J connectivity index is 1.76. The summed E-state index contributed by atoms with van der Waals surface area (Å²) < 4.78 is 0. The molecule has 0 unspecified atom stereocenters. The second-order valence-electron chi connectivity index (χ2n) is 5.64. The molecule has 0 aliphatic rings. The highest BCUT2D eigenvalue weighted by Crippen LogP contribution is 2.23. The maximum atomic E-state index is 12.4. The second kappa shape index (κ2) is 7.27. The van der Waals surface area contributed by atoms with Crippen LogP contribution in [0.3, 0.4) is 0 Å². The van der Waals surface area contributed by atoms with E-state index in [4.69, 9.17) is 0 Å². The molecule has 1 aromatic heterocycles. The molecule has 1 heterocycles. The number of hydrogen-bond donors (Lipinski definition) is 1. The minimum atomic E-state index is -0.298. The van der Waals surface area contributed by atoms with Crippen molar-refractivity contribution >= 4 is 28.8 Å². The summed E-state index contributed by atoms with van der Waals surface area (Å²) in [5.74, 6) is -0.413. The van der Waals surface area contributed by atoms with Gasteiger partial charge in [0.15, 0.2) is 0 Å². The molecule has 0 saturated carbocycles. The molecule has 3 rings (SSSR count). The van der Waals surface area contributed by atoms with Gasteiger partial charge in [-0.3, -0.25) is 9.59 Å².